The van der Waals surface area contributed by atoms with Crippen molar-refractivity contribution in [1.82, 2.24) is 9.78 Å². The number of hydrogen-bond acceptors (Lipinski definition) is 10. The Morgan fingerprint density at radius 1 is 0.966 bits per heavy atom. The van der Waals surface area contributed by atoms with Gasteiger partial charge in [-0.3, -0.25) is 23.9 Å². The number of carboxylic acids is 1. The lowest BCUT2D eigenvalue weighted by Crippen LogP contribution is -2.49. The van der Waals surface area contributed by atoms with Crippen LogP contribution in [0.2, 0.25) is 5.02 Å². The molecular weight excluding hydrogens is 784 g/mol. The van der Waals surface area contributed by atoms with Crippen molar-refractivity contribution in [3.05, 3.63) is 94.0 Å². The highest BCUT2D eigenvalue weighted by Crippen LogP contribution is 2.64. The van der Waals surface area contributed by atoms with Crippen LogP contribution in [0, 0.1) is 36.0 Å². The van der Waals surface area contributed by atoms with Gasteiger partial charge in [-0.2, -0.15) is 5.10 Å². The summed E-state index contributed by atoms with van der Waals surface area (Å²) < 4.78 is 8.31. The number of anilines is 2. The van der Waals surface area contributed by atoms with E-state index in [4.69, 9.17) is 21.4 Å². The molecule has 4 aliphatic rings. The SMILES string of the molecule is CCOc1cc([C@H]2C3=CC[C@@H]4C(=O)N(c5ccc(C(=O)O)c(O)c5)C(=O)[C@@H]4[C@@H]3C[C@H]3C(=O)N(c4cc(-c5sc6ccc(Cl)cc6c5C)nn4C)C(=O)[C@@]23C)ccc1O. The number of amides is 4. The van der Waals surface area contributed by atoms with Crippen LogP contribution in [-0.4, -0.2) is 61.3 Å². The Hall–Kier alpha value is -5.99. The maximum absolute atomic E-state index is 15.2. The molecule has 0 radical (unpaired) electrons. The van der Waals surface area contributed by atoms with E-state index in [2.05, 4.69) is 0 Å². The molecule has 2 saturated heterocycles. The number of phenolic OH excluding ortho intramolecular Hbond substituents is 1. The van der Waals surface area contributed by atoms with Gasteiger partial charge in [-0.05, 0) is 98.5 Å². The summed E-state index contributed by atoms with van der Waals surface area (Å²) in [6, 6.07) is 15.8. The number of nitrogens with zero attached hydrogens (tertiary/aromatic N) is 4. The largest absolute Gasteiger partial charge is 0.507 e. The average molecular weight is 821 g/mol. The van der Waals surface area contributed by atoms with Gasteiger partial charge < -0.3 is 20.1 Å². The van der Waals surface area contributed by atoms with Crippen LogP contribution >= 0.6 is 22.9 Å². The van der Waals surface area contributed by atoms with Gasteiger partial charge in [-0.1, -0.05) is 29.3 Å². The van der Waals surface area contributed by atoms with E-state index in [-0.39, 0.29) is 48.0 Å². The highest BCUT2D eigenvalue weighted by atomic mass is 35.5. The summed E-state index contributed by atoms with van der Waals surface area (Å²) in [6.45, 7) is 5.79. The average Bonchev–Trinajstić information content (AvgIpc) is 3.85. The second-order valence-electron chi connectivity index (χ2n) is 15.5. The van der Waals surface area contributed by atoms with Gasteiger partial charge in [0.05, 0.1) is 40.3 Å². The number of carbonyl (C=O) groups excluding carboxylic acids is 4. The predicted octanol–water partition coefficient (Wildman–Crippen LogP) is 7.21. The van der Waals surface area contributed by atoms with E-state index < -0.39 is 70.4 Å². The molecule has 3 fully saturated rings. The number of rotatable bonds is 7. The molecule has 3 N–H and O–H groups in total. The Morgan fingerprint density at radius 2 is 1.74 bits per heavy atom. The van der Waals surface area contributed by atoms with Gasteiger partial charge in [0, 0.05) is 34.8 Å². The zero-order valence-corrected chi connectivity index (χ0v) is 33.3. The first kappa shape index (κ1) is 37.6. The molecule has 1 saturated carbocycles. The Bertz CT molecular complexity index is 2700. The molecule has 4 amide bonds. The Labute approximate surface area is 340 Å². The van der Waals surface area contributed by atoms with E-state index in [1.807, 2.05) is 31.2 Å². The molecule has 0 spiro atoms. The molecule has 0 bridgehead atoms. The van der Waals surface area contributed by atoms with Crippen LogP contribution in [0.4, 0.5) is 11.5 Å². The number of carbonyl (C=O) groups is 5. The van der Waals surface area contributed by atoms with Crippen molar-refractivity contribution in [1.29, 1.82) is 0 Å². The van der Waals surface area contributed by atoms with Crippen molar-refractivity contribution >= 4 is 74.1 Å². The summed E-state index contributed by atoms with van der Waals surface area (Å²) in [5, 5.41) is 37.0. The standard InChI is InChI=1S/C43H37ClN4O9S/c1-5-57-32-14-20(6-12-30(32)49)36-23-10-11-25-35(40(53)47(38(25)51)22-8-9-24(41(54)55)31(50)16-22)27(23)17-28-39(52)48(42(56)43(28,36)3)34-18-29(45-46(34)4)37-19(2)26-15-21(44)7-13-33(26)58-37/h6-10,12-16,18,25,27-28,35-36,49-50H,5,11,17H2,1-4H3,(H,54,55)/t25-,27+,28-,35-,36-,43+/m0/s1. The summed E-state index contributed by atoms with van der Waals surface area (Å²) in [5.41, 5.74) is 1.16. The zero-order valence-electron chi connectivity index (χ0n) is 31.7. The van der Waals surface area contributed by atoms with Gasteiger partial charge in [0.1, 0.15) is 22.8 Å². The molecular formula is C43H37ClN4O9S. The maximum atomic E-state index is 15.2. The molecule has 13 nitrogen and oxygen atoms in total. The molecule has 2 aliphatic heterocycles. The van der Waals surface area contributed by atoms with E-state index in [1.54, 1.807) is 39.1 Å². The molecule has 6 atom stereocenters. The third kappa shape index (κ3) is 5.27. The fourth-order valence-corrected chi connectivity index (χ4v) is 11.2. The van der Waals surface area contributed by atoms with Crippen LogP contribution < -0.4 is 14.5 Å². The fourth-order valence-electron chi connectivity index (χ4n) is 9.90. The number of aryl methyl sites for hydroxylation is 2. The van der Waals surface area contributed by atoms with Gasteiger partial charge >= 0.3 is 5.97 Å². The van der Waals surface area contributed by atoms with Crippen LogP contribution in [0.15, 0.2) is 72.3 Å². The Kier molecular flexibility index (Phi) is 8.60. The number of fused-ring (bicyclic) bond motifs is 5. The van der Waals surface area contributed by atoms with Crippen molar-refractivity contribution in [3.8, 4) is 27.8 Å². The van der Waals surface area contributed by atoms with Crippen molar-refractivity contribution < 1.29 is 44.0 Å². The van der Waals surface area contributed by atoms with Gasteiger partial charge in [-0.25, -0.2) is 14.6 Å². The first-order chi connectivity index (χ1) is 27.6. The maximum Gasteiger partial charge on any atom is 0.339 e. The minimum absolute atomic E-state index is 0.0350. The second kappa shape index (κ2) is 13.3. The lowest BCUT2D eigenvalue weighted by atomic mass is 9.51. The number of thiophene rings is 1. The lowest BCUT2D eigenvalue weighted by Gasteiger charge is -2.49. The molecule has 5 aromatic rings. The topological polar surface area (TPSA) is 180 Å². The fraction of sp³-hybridized carbons (Fsp3) is 0.302. The van der Waals surface area contributed by atoms with Gasteiger partial charge in [0.15, 0.2) is 11.5 Å². The van der Waals surface area contributed by atoms with Crippen molar-refractivity contribution in [3.63, 3.8) is 0 Å². The summed E-state index contributed by atoms with van der Waals surface area (Å²) in [7, 11) is 1.68. The number of carboxylic acid groups (broad SMARTS) is 1. The molecule has 4 heterocycles. The predicted molar refractivity (Wildman–Crippen MR) is 215 cm³/mol. The third-order valence-electron chi connectivity index (χ3n) is 12.6. The monoisotopic (exact) mass is 820 g/mol. The molecule has 3 aromatic carbocycles. The number of allylic oxidation sites excluding steroid dienone is 2. The summed E-state index contributed by atoms with van der Waals surface area (Å²) in [6.07, 6.45) is 2.17. The summed E-state index contributed by atoms with van der Waals surface area (Å²) in [5.74, 6) is -7.57. The number of imide groups is 2. The highest BCUT2D eigenvalue weighted by molar-refractivity contribution is 7.22. The van der Waals surface area contributed by atoms with Gasteiger partial charge in [0.2, 0.25) is 23.6 Å². The second-order valence-corrected chi connectivity index (χ2v) is 17.0. The van der Waals surface area contributed by atoms with E-state index in [0.29, 0.717) is 16.3 Å². The Balaban J connectivity index is 1.15. The minimum Gasteiger partial charge on any atom is -0.507 e. The molecule has 2 aromatic heterocycles. The van der Waals surface area contributed by atoms with Crippen molar-refractivity contribution in [2.75, 3.05) is 16.4 Å². The number of aromatic hydroxyl groups is 2. The summed E-state index contributed by atoms with van der Waals surface area (Å²) >= 11 is 7.85. The number of halogens is 1. The summed E-state index contributed by atoms with van der Waals surface area (Å²) in [4.78, 5) is 73.3. The van der Waals surface area contributed by atoms with Crippen LogP contribution in [-0.2, 0) is 26.2 Å². The number of aromatic carboxylic acids is 1. The van der Waals surface area contributed by atoms with E-state index in [0.717, 1.165) is 43.1 Å². The molecule has 58 heavy (non-hydrogen) atoms. The highest BCUT2D eigenvalue weighted by Gasteiger charge is 2.68. The van der Waals surface area contributed by atoms with E-state index >= 15 is 4.79 Å². The van der Waals surface area contributed by atoms with Crippen LogP contribution in [0.25, 0.3) is 20.7 Å². The molecule has 296 valence electrons. The molecule has 2 aliphatic carbocycles. The van der Waals surface area contributed by atoms with Crippen molar-refractivity contribution in [2.45, 2.75) is 39.5 Å². The lowest BCUT2D eigenvalue weighted by molar-refractivity contribution is -0.131. The number of phenols is 2. The first-order valence-corrected chi connectivity index (χ1v) is 20.1. The number of aromatic nitrogens is 2. The smallest absolute Gasteiger partial charge is 0.339 e. The normalized spacial score (nSPS) is 25.3. The van der Waals surface area contributed by atoms with Crippen LogP contribution in [0.1, 0.15) is 54.1 Å². The van der Waals surface area contributed by atoms with Gasteiger partial charge in [0.25, 0.3) is 0 Å². The minimum atomic E-state index is -1.37. The third-order valence-corrected chi connectivity index (χ3v) is 14.1. The molecule has 0 unspecified atom stereocenters. The quantitative estimate of drug-likeness (QED) is 0.112. The number of benzene rings is 3. The van der Waals surface area contributed by atoms with E-state index in [9.17, 15) is 34.5 Å². The van der Waals surface area contributed by atoms with Crippen molar-refractivity contribution in [2.24, 2.45) is 36.1 Å². The van der Waals surface area contributed by atoms with Crippen LogP contribution in [0.5, 0.6) is 17.2 Å². The molecule has 15 heteroatoms. The first-order valence-electron chi connectivity index (χ1n) is 18.9. The Morgan fingerprint density at radius 3 is 2.47 bits per heavy atom. The number of hydrogen-bond donors (Lipinski definition) is 3. The zero-order chi connectivity index (χ0) is 41.1. The van der Waals surface area contributed by atoms with Crippen LogP contribution in [0.3, 0.4) is 0 Å². The number of ether oxygens (including phenoxy) is 1. The molecule has 9 rings (SSSR count). The van der Waals surface area contributed by atoms with Gasteiger partial charge in [-0.15, -0.1) is 11.3 Å². The van der Waals surface area contributed by atoms with E-state index in [1.165, 1.54) is 33.1 Å².